The summed E-state index contributed by atoms with van der Waals surface area (Å²) >= 11 is 0. The van der Waals surface area contributed by atoms with Gasteiger partial charge in [0.05, 0.1) is 12.6 Å². The Kier molecular flexibility index (Phi) is 4.98. The molecule has 1 aliphatic heterocycles. The van der Waals surface area contributed by atoms with Crippen molar-refractivity contribution in [3.8, 4) is 0 Å². The van der Waals surface area contributed by atoms with Crippen LogP contribution in [0.2, 0.25) is 0 Å². The maximum absolute atomic E-state index is 12.7. The van der Waals surface area contributed by atoms with Crippen LogP contribution in [0.1, 0.15) is 31.7 Å². The Hall–Kier alpha value is -1.55. The molecule has 2 aliphatic rings. The van der Waals surface area contributed by atoms with Gasteiger partial charge in [-0.25, -0.2) is 4.79 Å². The minimum Gasteiger partial charge on any atom is -0.379 e. The second kappa shape index (κ2) is 7.14. The van der Waals surface area contributed by atoms with Gasteiger partial charge in [0.2, 0.25) is 0 Å². The Morgan fingerprint density at radius 3 is 2.73 bits per heavy atom. The van der Waals surface area contributed by atoms with Crippen molar-refractivity contribution in [2.45, 2.75) is 44.7 Å². The van der Waals surface area contributed by atoms with Gasteiger partial charge >= 0.3 is 6.03 Å². The van der Waals surface area contributed by atoms with Crippen molar-refractivity contribution in [3.05, 3.63) is 35.9 Å². The summed E-state index contributed by atoms with van der Waals surface area (Å²) in [5.41, 5.74) is 1.27. The van der Waals surface area contributed by atoms with Gasteiger partial charge in [0.15, 0.2) is 0 Å². The number of benzene rings is 1. The monoisotopic (exact) mass is 302 g/mol. The predicted octanol–water partition coefficient (Wildman–Crippen LogP) is 2.83. The van der Waals surface area contributed by atoms with E-state index in [0.717, 1.165) is 26.0 Å². The van der Waals surface area contributed by atoms with E-state index >= 15 is 0 Å². The first kappa shape index (κ1) is 15.3. The maximum Gasteiger partial charge on any atom is 0.317 e. The minimum absolute atomic E-state index is 0.0748. The molecule has 1 aromatic carbocycles. The van der Waals surface area contributed by atoms with Gasteiger partial charge in [-0.15, -0.1) is 0 Å². The third kappa shape index (κ3) is 4.01. The van der Waals surface area contributed by atoms with E-state index in [0.29, 0.717) is 12.5 Å². The van der Waals surface area contributed by atoms with E-state index in [1.54, 1.807) is 0 Å². The largest absolute Gasteiger partial charge is 0.379 e. The summed E-state index contributed by atoms with van der Waals surface area (Å²) in [5, 5.41) is 3.19. The predicted molar refractivity (Wildman–Crippen MR) is 86.8 cm³/mol. The molecule has 4 heteroatoms. The molecule has 1 aromatic rings. The fraction of sp³-hybridized carbons (Fsp3) is 0.611. The number of nitrogens with one attached hydrogen (secondary N) is 1. The average molecular weight is 302 g/mol. The molecule has 0 aromatic heterocycles. The minimum atomic E-state index is 0.0748. The fourth-order valence-electron chi connectivity index (χ4n) is 3.10. The lowest BCUT2D eigenvalue weighted by atomic mass is 10.1. The van der Waals surface area contributed by atoms with Gasteiger partial charge in [-0.3, -0.25) is 0 Å². The highest BCUT2D eigenvalue weighted by atomic mass is 16.5. The van der Waals surface area contributed by atoms with E-state index in [4.69, 9.17) is 4.74 Å². The number of hydrogen-bond acceptors (Lipinski definition) is 2. The SMILES string of the molecule is C[C@@H](NC(=O)N(CCc1ccccc1)[C@H]1CCOC1)C1CC1. The normalized spacial score (nSPS) is 22.3. The van der Waals surface area contributed by atoms with Crippen molar-refractivity contribution in [1.82, 2.24) is 10.2 Å². The van der Waals surface area contributed by atoms with E-state index in [-0.39, 0.29) is 18.1 Å². The maximum atomic E-state index is 12.7. The molecule has 120 valence electrons. The zero-order valence-electron chi connectivity index (χ0n) is 13.3. The quantitative estimate of drug-likeness (QED) is 0.878. The van der Waals surface area contributed by atoms with Crippen molar-refractivity contribution in [3.63, 3.8) is 0 Å². The van der Waals surface area contributed by atoms with Crippen LogP contribution in [0.4, 0.5) is 4.79 Å². The highest BCUT2D eigenvalue weighted by Gasteiger charge is 2.32. The van der Waals surface area contributed by atoms with Gasteiger partial charge in [0, 0.05) is 19.2 Å². The van der Waals surface area contributed by atoms with E-state index in [1.165, 1.54) is 18.4 Å². The van der Waals surface area contributed by atoms with E-state index in [9.17, 15) is 4.79 Å². The Bertz CT molecular complexity index is 481. The number of hydrogen-bond donors (Lipinski definition) is 1. The van der Waals surface area contributed by atoms with Crippen LogP contribution in [0.5, 0.6) is 0 Å². The Balaban J connectivity index is 1.59. The Morgan fingerprint density at radius 1 is 1.32 bits per heavy atom. The lowest BCUT2D eigenvalue weighted by molar-refractivity contribution is 0.145. The van der Waals surface area contributed by atoms with Crippen LogP contribution in [0, 0.1) is 5.92 Å². The van der Waals surface area contributed by atoms with Gasteiger partial charge in [0.25, 0.3) is 0 Å². The Labute approximate surface area is 132 Å². The topological polar surface area (TPSA) is 41.6 Å². The van der Waals surface area contributed by atoms with Gasteiger partial charge in [0.1, 0.15) is 0 Å². The summed E-state index contributed by atoms with van der Waals surface area (Å²) in [6.07, 6.45) is 4.33. The molecule has 0 unspecified atom stereocenters. The average Bonchev–Trinajstić information content (AvgIpc) is 3.25. The summed E-state index contributed by atoms with van der Waals surface area (Å²) in [6, 6.07) is 10.9. The second-order valence-corrected chi connectivity index (χ2v) is 6.52. The smallest absolute Gasteiger partial charge is 0.317 e. The van der Waals surface area contributed by atoms with E-state index in [2.05, 4.69) is 24.4 Å². The Morgan fingerprint density at radius 2 is 2.09 bits per heavy atom. The number of urea groups is 1. The number of ether oxygens (including phenoxy) is 1. The summed E-state index contributed by atoms with van der Waals surface area (Å²) in [5.74, 6) is 0.680. The van der Waals surface area contributed by atoms with Crippen LogP contribution in [0.15, 0.2) is 30.3 Å². The summed E-state index contributed by atoms with van der Waals surface area (Å²) in [7, 11) is 0. The molecule has 1 heterocycles. The van der Waals surface area contributed by atoms with Crippen molar-refractivity contribution in [2.24, 2.45) is 5.92 Å². The van der Waals surface area contributed by atoms with E-state index < -0.39 is 0 Å². The first-order valence-electron chi connectivity index (χ1n) is 8.43. The highest BCUT2D eigenvalue weighted by molar-refractivity contribution is 5.75. The number of nitrogens with zero attached hydrogens (tertiary/aromatic N) is 1. The van der Waals surface area contributed by atoms with Crippen LogP contribution in [-0.4, -0.2) is 42.8 Å². The van der Waals surface area contributed by atoms with Gasteiger partial charge in [-0.1, -0.05) is 30.3 Å². The zero-order valence-corrected chi connectivity index (χ0v) is 13.3. The van der Waals surface area contributed by atoms with E-state index in [1.807, 2.05) is 23.1 Å². The number of carbonyl (C=O) groups excluding carboxylic acids is 1. The first-order valence-corrected chi connectivity index (χ1v) is 8.43. The molecule has 22 heavy (non-hydrogen) atoms. The molecular weight excluding hydrogens is 276 g/mol. The molecule has 0 bridgehead atoms. The van der Waals surface area contributed by atoms with Crippen molar-refractivity contribution >= 4 is 6.03 Å². The molecule has 0 spiro atoms. The lowest BCUT2D eigenvalue weighted by Crippen LogP contribution is -2.50. The molecule has 1 saturated heterocycles. The summed E-state index contributed by atoms with van der Waals surface area (Å²) in [4.78, 5) is 14.6. The molecule has 1 N–H and O–H groups in total. The van der Waals surface area contributed by atoms with Crippen LogP contribution >= 0.6 is 0 Å². The van der Waals surface area contributed by atoms with Crippen LogP contribution < -0.4 is 5.32 Å². The number of amides is 2. The molecule has 4 nitrogen and oxygen atoms in total. The fourth-order valence-corrected chi connectivity index (χ4v) is 3.10. The lowest BCUT2D eigenvalue weighted by Gasteiger charge is -2.30. The number of rotatable bonds is 6. The molecule has 1 aliphatic carbocycles. The first-order chi connectivity index (χ1) is 10.7. The van der Waals surface area contributed by atoms with Crippen LogP contribution in [-0.2, 0) is 11.2 Å². The molecule has 2 amide bonds. The van der Waals surface area contributed by atoms with Gasteiger partial charge in [-0.2, -0.15) is 0 Å². The molecule has 3 rings (SSSR count). The zero-order chi connectivity index (χ0) is 15.4. The van der Waals surface area contributed by atoms with Crippen LogP contribution in [0.25, 0.3) is 0 Å². The summed E-state index contributed by atoms with van der Waals surface area (Å²) in [6.45, 7) is 4.30. The van der Waals surface area contributed by atoms with Gasteiger partial charge in [-0.05, 0) is 44.1 Å². The molecule has 2 atom stereocenters. The number of carbonyl (C=O) groups is 1. The molecule has 1 saturated carbocycles. The third-order valence-corrected chi connectivity index (χ3v) is 4.77. The molecular formula is C18H26N2O2. The van der Waals surface area contributed by atoms with Crippen LogP contribution in [0.3, 0.4) is 0 Å². The standard InChI is InChI=1S/C18H26N2O2/c1-14(16-7-8-16)19-18(21)20(17-10-12-22-13-17)11-9-15-5-3-2-4-6-15/h2-6,14,16-17H,7-13H2,1H3,(H,19,21)/t14-,17+/m1/s1. The van der Waals surface area contributed by atoms with Gasteiger partial charge < -0.3 is 15.0 Å². The highest BCUT2D eigenvalue weighted by Crippen LogP contribution is 2.32. The van der Waals surface area contributed by atoms with Crippen molar-refractivity contribution in [1.29, 1.82) is 0 Å². The third-order valence-electron chi connectivity index (χ3n) is 4.77. The van der Waals surface area contributed by atoms with Crippen molar-refractivity contribution < 1.29 is 9.53 Å². The van der Waals surface area contributed by atoms with Crippen molar-refractivity contribution in [2.75, 3.05) is 19.8 Å². The summed E-state index contributed by atoms with van der Waals surface area (Å²) < 4.78 is 5.48. The second-order valence-electron chi connectivity index (χ2n) is 6.52. The molecule has 0 radical (unpaired) electrons. The molecule has 2 fully saturated rings.